The van der Waals surface area contributed by atoms with E-state index in [-0.39, 0.29) is 5.56 Å². The second kappa shape index (κ2) is 8.71. The standard InChI is InChI=1S/C9H7F6N.2C2H6/c1-5-3-2-4-6(16-9(13,14)15)7(5)8(10,11)12;2*1-2/h2-4,16H,1H3;2*1-2H3. The van der Waals surface area contributed by atoms with Gasteiger partial charge in [0.2, 0.25) is 0 Å². The predicted molar refractivity (Wildman–Crippen MR) is 68.6 cm³/mol. The van der Waals surface area contributed by atoms with Crippen LogP contribution < -0.4 is 5.32 Å². The summed E-state index contributed by atoms with van der Waals surface area (Å²) in [6, 6.07) is 2.96. The van der Waals surface area contributed by atoms with Crippen LogP contribution in [-0.4, -0.2) is 6.30 Å². The molecule has 0 saturated carbocycles. The van der Waals surface area contributed by atoms with E-state index in [1.54, 1.807) is 0 Å². The highest BCUT2D eigenvalue weighted by Crippen LogP contribution is 2.38. The Labute approximate surface area is 115 Å². The van der Waals surface area contributed by atoms with E-state index in [0.29, 0.717) is 0 Å². The van der Waals surface area contributed by atoms with Crippen LogP contribution in [0.1, 0.15) is 38.8 Å². The van der Waals surface area contributed by atoms with Crippen molar-refractivity contribution in [1.29, 1.82) is 0 Å². The lowest BCUT2D eigenvalue weighted by Gasteiger charge is -2.17. The fourth-order valence-corrected chi connectivity index (χ4v) is 1.30. The smallest absolute Gasteiger partial charge is 0.297 e. The minimum absolute atomic E-state index is 0.262. The number of rotatable bonds is 1. The minimum atomic E-state index is -4.90. The summed E-state index contributed by atoms with van der Waals surface area (Å²) in [5.41, 5.74) is -2.55. The molecule has 1 aromatic rings. The van der Waals surface area contributed by atoms with Crippen LogP contribution >= 0.6 is 0 Å². The van der Waals surface area contributed by atoms with Crippen molar-refractivity contribution < 1.29 is 26.3 Å². The molecule has 0 unspecified atom stereocenters. The summed E-state index contributed by atoms with van der Waals surface area (Å²) in [4.78, 5) is 0. The van der Waals surface area contributed by atoms with Gasteiger partial charge in [-0.3, -0.25) is 5.32 Å². The SMILES string of the molecule is CC.CC.Cc1cccc(NC(F)(F)F)c1C(F)(F)F. The Bertz CT molecular complexity index is 381. The number of anilines is 1. The van der Waals surface area contributed by atoms with Crippen molar-refractivity contribution in [2.24, 2.45) is 0 Å². The van der Waals surface area contributed by atoms with Gasteiger partial charge in [-0.2, -0.15) is 26.3 Å². The van der Waals surface area contributed by atoms with E-state index < -0.39 is 23.7 Å². The Hall–Kier alpha value is -1.40. The number of hydrogen-bond donors (Lipinski definition) is 1. The maximum atomic E-state index is 12.5. The fourth-order valence-electron chi connectivity index (χ4n) is 1.30. The Morgan fingerprint density at radius 2 is 1.30 bits per heavy atom. The molecule has 118 valence electrons. The molecule has 0 aliphatic rings. The molecule has 0 spiro atoms. The number of halogens is 6. The van der Waals surface area contributed by atoms with Crippen LogP contribution in [0.5, 0.6) is 0 Å². The zero-order valence-corrected chi connectivity index (χ0v) is 12.0. The van der Waals surface area contributed by atoms with Crippen LogP contribution in [0.2, 0.25) is 0 Å². The molecule has 7 heteroatoms. The molecule has 0 fully saturated rings. The van der Waals surface area contributed by atoms with Crippen molar-refractivity contribution in [3.8, 4) is 0 Å². The highest BCUT2D eigenvalue weighted by atomic mass is 19.4. The molecule has 0 atom stereocenters. The Kier molecular flexibility index (Phi) is 9.10. The van der Waals surface area contributed by atoms with Crippen LogP contribution in [0.3, 0.4) is 0 Å². The van der Waals surface area contributed by atoms with Crippen molar-refractivity contribution >= 4 is 5.69 Å². The molecule has 1 N–H and O–H groups in total. The zero-order chi connectivity index (χ0) is 16.6. The number of alkyl halides is 6. The van der Waals surface area contributed by atoms with E-state index >= 15 is 0 Å². The van der Waals surface area contributed by atoms with Gasteiger partial charge in [-0.1, -0.05) is 39.8 Å². The van der Waals surface area contributed by atoms with E-state index in [2.05, 4.69) is 0 Å². The maximum Gasteiger partial charge on any atom is 0.482 e. The van der Waals surface area contributed by atoms with E-state index in [1.807, 2.05) is 27.7 Å². The molecule has 0 aliphatic carbocycles. The topological polar surface area (TPSA) is 12.0 Å². The first-order valence-corrected chi connectivity index (χ1v) is 6.13. The van der Waals surface area contributed by atoms with Gasteiger partial charge in [0.05, 0.1) is 11.3 Å². The third kappa shape index (κ3) is 7.25. The summed E-state index contributed by atoms with van der Waals surface area (Å²) < 4.78 is 73.3. The molecule has 0 aliphatic heterocycles. The molecule has 1 nitrogen and oxygen atoms in total. The Balaban J connectivity index is 0. The number of aryl methyl sites for hydroxylation is 1. The molecule has 0 amide bonds. The van der Waals surface area contributed by atoms with Gasteiger partial charge in [0.25, 0.3) is 0 Å². The van der Waals surface area contributed by atoms with Crippen LogP contribution in [-0.2, 0) is 6.18 Å². The second-order valence-electron chi connectivity index (χ2n) is 3.12. The average molecular weight is 303 g/mol. The molecule has 1 rings (SSSR count). The summed E-state index contributed by atoms with van der Waals surface area (Å²) in [5, 5.41) is 0.877. The molecule has 1 aromatic carbocycles. The van der Waals surface area contributed by atoms with Gasteiger partial charge in [-0.05, 0) is 18.6 Å². The molecular formula is C13H19F6N. The lowest BCUT2D eigenvalue weighted by molar-refractivity contribution is -0.138. The third-order valence-electron chi connectivity index (χ3n) is 1.83. The number of nitrogens with one attached hydrogen (secondary N) is 1. The monoisotopic (exact) mass is 303 g/mol. The van der Waals surface area contributed by atoms with Gasteiger partial charge in [0.1, 0.15) is 0 Å². The summed E-state index contributed by atoms with van der Waals surface area (Å²) in [7, 11) is 0. The summed E-state index contributed by atoms with van der Waals surface area (Å²) in [6.07, 6.45) is -9.72. The third-order valence-corrected chi connectivity index (χ3v) is 1.83. The highest BCUT2D eigenvalue weighted by Gasteiger charge is 2.38. The van der Waals surface area contributed by atoms with Crippen LogP contribution in [0.4, 0.5) is 32.0 Å². The average Bonchev–Trinajstić information content (AvgIpc) is 2.30. The summed E-state index contributed by atoms with van der Waals surface area (Å²) >= 11 is 0. The largest absolute Gasteiger partial charge is 0.482 e. The highest BCUT2D eigenvalue weighted by molar-refractivity contribution is 5.56. The van der Waals surface area contributed by atoms with Crippen LogP contribution in [0, 0.1) is 6.92 Å². The summed E-state index contributed by atoms with van der Waals surface area (Å²) in [6.45, 7) is 9.10. The van der Waals surface area contributed by atoms with Crippen molar-refractivity contribution in [1.82, 2.24) is 0 Å². The minimum Gasteiger partial charge on any atom is -0.297 e. The fraction of sp³-hybridized carbons (Fsp3) is 0.538. The lowest BCUT2D eigenvalue weighted by Crippen LogP contribution is -2.23. The molecular weight excluding hydrogens is 284 g/mol. The number of hydrogen-bond acceptors (Lipinski definition) is 1. The van der Waals surface area contributed by atoms with E-state index in [4.69, 9.17) is 0 Å². The quantitative estimate of drug-likeness (QED) is 0.495. The van der Waals surface area contributed by atoms with Crippen LogP contribution in [0.15, 0.2) is 18.2 Å². The van der Waals surface area contributed by atoms with Crippen molar-refractivity contribution in [3.63, 3.8) is 0 Å². The molecule has 0 heterocycles. The van der Waals surface area contributed by atoms with E-state index in [1.165, 1.54) is 0 Å². The lowest BCUT2D eigenvalue weighted by atomic mass is 10.1. The Morgan fingerprint density at radius 3 is 1.65 bits per heavy atom. The van der Waals surface area contributed by atoms with Gasteiger partial charge in [0.15, 0.2) is 0 Å². The van der Waals surface area contributed by atoms with Crippen molar-refractivity contribution in [2.45, 2.75) is 47.1 Å². The van der Waals surface area contributed by atoms with Gasteiger partial charge in [0, 0.05) is 0 Å². The van der Waals surface area contributed by atoms with E-state index in [9.17, 15) is 26.3 Å². The first-order valence-electron chi connectivity index (χ1n) is 6.13. The molecule has 0 radical (unpaired) electrons. The van der Waals surface area contributed by atoms with Crippen molar-refractivity contribution in [2.75, 3.05) is 5.32 Å². The zero-order valence-electron chi connectivity index (χ0n) is 12.0. The van der Waals surface area contributed by atoms with Crippen LogP contribution in [0.25, 0.3) is 0 Å². The number of benzene rings is 1. The maximum absolute atomic E-state index is 12.5. The van der Waals surface area contributed by atoms with Gasteiger partial charge < -0.3 is 0 Å². The molecule has 0 aromatic heterocycles. The first kappa shape index (κ1) is 20.9. The normalized spacial score (nSPS) is 10.8. The van der Waals surface area contributed by atoms with Gasteiger partial charge in [-0.25, -0.2) is 0 Å². The predicted octanol–water partition coefficient (Wildman–Crippen LogP) is 6.00. The molecule has 0 saturated heterocycles. The summed E-state index contributed by atoms with van der Waals surface area (Å²) in [5.74, 6) is 0. The second-order valence-corrected chi connectivity index (χ2v) is 3.12. The van der Waals surface area contributed by atoms with Gasteiger partial charge in [-0.15, -0.1) is 0 Å². The Morgan fingerprint density at radius 1 is 0.850 bits per heavy atom. The van der Waals surface area contributed by atoms with E-state index in [0.717, 1.165) is 30.4 Å². The first-order chi connectivity index (χ1) is 9.11. The van der Waals surface area contributed by atoms with Crippen molar-refractivity contribution in [3.05, 3.63) is 29.3 Å². The van der Waals surface area contributed by atoms with Gasteiger partial charge >= 0.3 is 12.5 Å². The molecule has 20 heavy (non-hydrogen) atoms. The molecule has 0 bridgehead atoms.